The lowest BCUT2D eigenvalue weighted by atomic mass is 10.1. The molecule has 9 heteroatoms. The zero-order chi connectivity index (χ0) is 23.8. The summed E-state index contributed by atoms with van der Waals surface area (Å²) in [7, 11) is 0. The van der Waals surface area contributed by atoms with Gasteiger partial charge < -0.3 is 25.6 Å². The molecule has 3 aromatic carbocycles. The Morgan fingerprint density at radius 3 is 2.27 bits per heavy atom. The van der Waals surface area contributed by atoms with Crippen LogP contribution >= 0.6 is 15.9 Å². The molecule has 168 valence electrons. The topological polar surface area (TPSA) is 125 Å². The molecule has 33 heavy (non-hydrogen) atoms. The average molecular weight is 511 g/mol. The minimum atomic E-state index is -1.23. The van der Waals surface area contributed by atoms with Gasteiger partial charge in [0, 0.05) is 0 Å². The van der Waals surface area contributed by atoms with Gasteiger partial charge in [0.25, 0.3) is 11.8 Å². The van der Waals surface area contributed by atoms with Crippen molar-refractivity contribution in [3.63, 3.8) is 0 Å². The smallest absolute Gasteiger partial charge is 0.322 e. The largest absolute Gasteiger partial charge is 0.507 e. The fourth-order valence-corrected chi connectivity index (χ4v) is 3.08. The molecular formula is C24H19BrN2O6. The highest BCUT2D eigenvalue weighted by molar-refractivity contribution is 9.10. The maximum absolute atomic E-state index is 12.6. The Hall–Kier alpha value is -4.11. The standard InChI is InChI=1S/C24H19BrN2O6/c25-18-6-2-4-8-21(18)33-16-11-9-15(10-12-16)13-19(24(32)26-14-22(29)30)27-23(31)17-5-1-3-7-20(17)28/h1-13,28H,14H2,(H,26,32)(H,27,31)(H,29,30)/b19-13+. The number of rotatable bonds is 8. The van der Waals surface area contributed by atoms with E-state index in [0.29, 0.717) is 17.1 Å². The first-order valence-corrected chi connectivity index (χ1v) is 10.5. The molecule has 4 N–H and O–H groups in total. The molecule has 3 aromatic rings. The van der Waals surface area contributed by atoms with Crippen LogP contribution in [0.3, 0.4) is 0 Å². The summed E-state index contributed by atoms with van der Waals surface area (Å²) in [6.45, 7) is -0.624. The van der Waals surface area contributed by atoms with Crippen molar-refractivity contribution in [3.05, 3.63) is 94.1 Å². The number of hydrogen-bond acceptors (Lipinski definition) is 5. The number of nitrogens with one attached hydrogen (secondary N) is 2. The molecule has 3 rings (SSSR count). The normalized spacial score (nSPS) is 10.9. The van der Waals surface area contributed by atoms with Gasteiger partial charge in [0.1, 0.15) is 29.5 Å². The number of para-hydroxylation sites is 2. The third kappa shape index (κ3) is 6.68. The van der Waals surface area contributed by atoms with E-state index in [0.717, 1.165) is 4.47 Å². The van der Waals surface area contributed by atoms with Gasteiger partial charge in [0.15, 0.2) is 0 Å². The number of phenolic OH excluding ortho intramolecular Hbond substituents is 1. The minimum absolute atomic E-state index is 0.0355. The van der Waals surface area contributed by atoms with Gasteiger partial charge in [-0.15, -0.1) is 0 Å². The molecule has 0 bridgehead atoms. The minimum Gasteiger partial charge on any atom is -0.507 e. The first-order valence-electron chi connectivity index (χ1n) is 9.67. The summed E-state index contributed by atoms with van der Waals surface area (Å²) in [5, 5.41) is 23.4. The third-order valence-electron chi connectivity index (χ3n) is 4.30. The van der Waals surface area contributed by atoms with E-state index in [9.17, 15) is 19.5 Å². The van der Waals surface area contributed by atoms with Crippen LogP contribution in [-0.2, 0) is 9.59 Å². The molecule has 0 heterocycles. The summed E-state index contributed by atoms with van der Waals surface area (Å²) in [5.74, 6) is -1.83. The third-order valence-corrected chi connectivity index (χ3v) is 4.95. The first kappa shape index (κ1) is 23.6. The van der Waals surface area contributed by atoms with E-state index in [1.165, 1.54) is 18.2 Å². The summed E-state index contributed by atoms with van der Waals surface area (Å²) in [4.78, 5) is 35.9. The van der Waals surface area contributed by atoms with Crippen LogP contribution in [0.4, 0.5) is 0 Å². The predicted molar refractivity (Wildman–Crippen MR) is 125 cm³/mol. The number of amides is 2. The van der Waals surface area contributed by atoms with Crippen LogP contribution in [0.15, 0.2) is 83.0 Å². The van der Waals surface area contributed by atoms with Gasteiger partial charge in [0.05, 0.1) is 10.0 Å². The monoisotopic (exact) mass is 510 g/mol. The number of carboxylic acid groups (broad SMARTS) is 1. The number of phenols is 1. The molecule has 0 radical (unpaired) electrons. The molecular weight excluding hydrogens is 492 g/mol. The number of carboxylic acids is 1. The van der Waals surface area contributed by atoms with Crippen LogP contribution < -0.4 is 15.4 Å². The number of hydrogen-bond donors (Lipinski definition) is 4. The van der Waals surface area contributed by atoms with E-state index in [4.69, 9.17) is 9.84 Å². The summed E-state index contributed by atoms with van der Waals surface area (Å²) in [5.41, 5.74) is 0.322. The predicted octanol–water partition coefficient (Wildman–Crippen LogP) is 3.92. The van der Waals surface area contributed by atoms with Crippen molar-refractivity contribution in [1.82, 2.24) is 10.6 Å². The number of carbonyl (C=O) groups excluding carboxylic acids is 2. The van der Waals surface area contributed by atoms with Crippen molar-refractivity contribution in [2.75, 3.05) is 6.54 Å². The van der Waals surface area contributed by atoms with Crippen LogP contribution in [0.1, 0.15) is 15.9 Å². The number of ether oxygens (including phenoxy) is 1. The molecule has 0 saturated carbocycles. The van der Waals surface area contributed by atoms with Crippen molar-refractivity contribution in [2.24, 2.45) is 0 Å². The van der Waals surface area contributed by atoms with Crippen LogP contribution in [-0.4, -0.2) is 34.5 Å². The van der Waals surface area contributed by atoms with Gasteiger partial charge in [-0.2, -0.15) is 0 Å². The Kier molecular flexibility index (Phi) is 7.82. The Morgan fingerprint density at radius 2 is 1.61 bits per heavy atom. The summed E-state index contributed by atoms with van der Waals surface area (Å²) in [6, 6.07) is 19.9. The molecule has 0 atom stereocenters. The van der Waals surface area contributed by atoms with Gasteiger partial charge in [-0.1, -0.05) is 36.4 Å². The highest BCUT2D eigenvalue weighted by Gasteiger charge is 2.17. The molecule has 0 aliphatic rings. The van der Waals surface area contributed by atoms with E-state index < -0.39 is 24.3 Å². The van der Waals surface area contributed by atoms with E-state index in [2.05, 4.69) is 26.6 Å². The van der Waals surface area contributed by atoms with E-state index in [1.54, 1.807) is 42.5 Å². The molecule has 0 fully saturated rings. The first-order chi connectivity index (χ1) is 15.8. The lowest BCUT2D eigenvalue weighted by Gasteiger charge is -2.11. The van der Waals surface area contributed by atoms with E-state index >= 15 is 0 Å². The van der Waals surface area contributed by atoms with Gasteiger partial charge >= 0.3 is 5.97 Å². The van der Waals surface area contributed by atoms with E-state index in [-0.39, 0.29) is 17.0 Å². The lowest BCUT2D eigenvalue weighted by molar-refractivity contribution is -0.137. The molecule has 0 unspecified atom stereocenters. The quantitative estimate of drug-likeness (QED) is 0.340. The highest BCUT2D eigenvalue weighted by atomic mass is 79.9. The van der Waals surface area contributed by atoms with Crippen molar-refractivity contribution >= 4 is 39.8 Å². The fraction of sp³-hybridized carbons (Fsp3) is 0.0417. The Bertz CT molecular complexity index is 1210. The van der Waals surface area contributed by atoms with Gasteiger partial charge in [-0.25, -0.2) is 0 Å². The SMILES string of the molecule is O=C(O)CNC(=O)/C(=C\c1ccc(Oc2ccccc2Br)cc1)NC(=O)c1ccccc1O. The average Bonchev–Trinajstić information content (AvgIpc) is 2.80. The number of aliphatic carboxylic acids is 1. The van der Waals surface area contributed by atoms with Crippen molar-refractivity contribution in [3.8, 4) is 17.2 Å². The molecule has 0 aromatic heterocycles. The number of benzene rings is 3. The van der Waals surface area contributed by atoms with E-state index in [1.807, 2.05) is 18.2 Å². The van der Waals surface area contributed by atoms with Crippen molar-refractivity contribution in [2.45, 2.75) is 0 Å². The van der Waals surface area contributed by atoms with Gasteiger partial charge in [-0.05, 0) is 64.0 Å². The molecule has 8 nitrogen and oxygen atoms in total. The Morgan fingerprint density at radius 1 is 0.939 bits per heavy atom. The zero-order valence-electron chi connectivity index (χ0n) is 17.1. The van der Waals surface area contributed by atoms with Crippen molar-refractivity contribution < 1.29 is 29.3 Å². The van der Waals surface area contributed by atoms with Crippen molar-refractivity contribution in [1.29, 1.82) is 0 Å². The summed E-state index contributed by atoms with van der Waals surface area (Å²) < 4.78 is 6.60. The second kappa shape index (κ2) is 11.0. The molecule has 0 aliphatic carbocycles. The second-order valence-electron chi connectivity index (χ2n) is 6.71. The van der Waals surface area contributed by atoms with Crippen LogP contribution in [0.2, 0.25) is 0 Å². The van der Waals surface area contributed by atoms with Gasteiger partial charge in [-0.3, -0.25) is 14.4 Å². The second-order valence-corrected chi connectivity index (χ2v) is 7.56. The fourth-order valence-electron chi connectivity index (χ4n) is 2.72. The Labute approximate surface area is 197 Å². The molecule has 0 aliphatic heterocycles. The number of halogens is 1. The van der Waals surface area contributed by atoms with Crippen LogP contribution in [0.5, 0.6) is 17.2 Å². The molecule has 0 saturated heterocycles. The maximum atomic E-state index is 12.6. The Balaban J connectivity index is 1.83. The highest BCUT2D eigenvalue weighted by Crippen LogP contribution is 2.29. The number of carbonyl (C=O) groups is 3. The van der Waals surface area contributed by atoms with Gasteiger partial charge in [0.2, 0.25) is 0 Å². The summed E-state index contributed by atoms with van der Waals surface area (Å²) >= 11 is 3.41. The molecule has 0 spiro atoms. The maximum Gasteiger partial charge on any atom is 0.322 e. The van der Waals surface area contributed by atoms with Crippen LogP contribution in [0.25, 0.3) is 6.08 Å². The molecule has 2 amide bonds. The summed E-state index contributed by atoms with van der Waals surface area (Å²) in [6.07, 6.45) is 1.39. The van der Waals surface area contributed by atoms with Crippen LogP contribution in [0, 0.1) is 0 Å². The number of aromatic hydroxyl groups is 1. The lowest BCUT2D eigenvalue weighted by Crippen LogP contribution is -2.37. The zero-order valence-corrected chi connectivity index (χ0v) is 18.7.